The zero-order valence-electron chi connectivity index (χ0n) is 10.6. The van der Waals surface area contributed by atoms with Crippen LogP contribution >= 0.6 is 15.9 Å². The average molecular weight is 329 g/mol. The first kappa shape index (κ1) is 14.0. The Bertz CT molecular complexity index is 565. The van der Waals surface area contributed by atoms with Gasteiger partial charge in [-0.15, -0.1) is 5.11 Å². The summed E-state index contributed by atoms with van der Waals surface area (Å²) in [5, 5.41) is 6.71. The Morgan fingerprint density at radius 2 is 2.16 bits per heavy atom. The van der Waals surface area contributed by atoms with E-state index in [-0.39, 0.29) is 22.9 Å². The molecule has 1 aromatic heterocycles. The first-order valence-corrected chi connectivity index (χ1v) is 6.82. The molecule has 19 heavy (non-hydrogen) atoms. The van der Waals surface area contributed by atoms with Crippen LogP contribution in [0, 0.1) is 5.92 Å². The monoisotopic (exact) mass is 328 g/mol. The molecule has 0 aromatic carbocycles. The maximum atomic E-state index is 12.5. The Balaban J connectivity index is 2.55. The minimum absolute atomic E-state index is 0.116. The summed E-state index contributed by atoms with van der Waals surface area (Å²) in [7, 11) is 0. The highest BCUT2D eigenvalue weighted by Crippen LogP contribution is 2.39. The fraction of sp³-hybridized carbons (Fsp3) is 0.545. The van der Waals surface area contributed by atoms with Crippen LogP contribution in [0.4, 0.5) is 5.69 Å². The third-order valence-corrected chi connectivity index (χ3v) is 4.13. The maximum absolute atomic E-state index is 12.5. The second-order valence-corrected chi connectivity index (χ2v) is 5.62. The van der Waals surface area contributed by atoms with Crippen molar-refractivity contribution in [2.24, 2.45) is 27.8 Å². The summed E-state index contributed by atoms with van der Waals surface area (Å²) in [5.74, 6) is 5.51. The topological polar surface area (TPSA) is 125 Å². The molecule has 2 rings (SSSR count). The molecule has 0 saturated heterocycles. The molecule has 7 nitrogen and oxygen atoms in total. The van der Waals surface area contributed by atoms with Gasteiger partial charge in [0.15, 0.2) is 6.17 Å². The van der Waals surface area contributed by atoms with Crippen LogP contribution in [0.15, 0.2) is 25.8 Å². The number of hydrogen-bond acceptors (Lipinski definition) is 5. The van der Waals surface area contributed by atoms with Gasteiger partial charge in [-0.05, 0) is 41.6 Å². The lowest BCUT2D eigenvalue weighted by Crippen LogP contribution is -2.31. The summed E-state index contributed by atoms with van der Waals surface area (Å²) in [5.41, 5.74) is 11.9. The van der Waals surface area contributed by atoms with Gasteiger partial charge in [-0.3, -0.25) is 4.79 Å². The molecule has 8 heteroatoms. The van der Waals surface area contributed by atoms with Gasteiger partial charge in [-0.25, -0.2) is 0 Å². The maximum Gasteiger partial charge on any atom is 0.259 e. The van der Waals surface area contributed by atoms with Crippen molar-refractivity contribution < 1.29 is 0 Å². The first-order valence-electron chi connectivity index (χ1n) is 6.03. The molecule has 1 heterocycles. The van der Waals surface area contributed by atoms with Gasteiger partial charge in [0, 0.05) is 12.2 Å². The Hall–Kier alpha value is -1.41. The van der Waals surface area contributed by atoms with Crippen LogP contribution in [-0.2, 0) is 0 Å². The van der Waals surface area contributed by atoms with Crippen LogP contribution < -0.4 is 22.9 Å². The molecular weight excluding hydrogens is 312 g/mol. The molecule has 0 bridgehead atoms. The lowest BCUT2D eigenvalue weighted by Gasteiger charge is -2.19. The number of anilines is 1. The quantitative estimate of drug-likeness (QED) is 0.439. The van der Waals surface area contributed by atoms with Crippen molar-refractivity contribution in [3.63, 3.8) is 0 Å². The predicted octanol–water partition coefficient (Wildman–Crippen LogP) is 1.45. The van der Waals surface area contributed by atoms with E-state index in [0.717, 1.165) is 12.8 Å². The fourth-order valence-electron chi connectivity index (χ4n) is 2.16. The highest BCUT2D eigenvalue weighted by molar-refractivity contribution is 9.10. The second kappa shape index (κ2) is 5.30. The van der Waals surface area contributed by atoms with E-state index in [0.29, 0.717) is 10.4 Å². The number of nitrogens with two attached hydrogens (primary N) is 3. The van der Waals surface area contributed by atoms with Crippen molar-refractivity contribution in [2.75, 3.05) is 5.73 Å². The molecular formula is C11H17BrN6O. The number of hydrogen-bond donors (Lipinski definition) is 3. The van der Waals surface area contributed by atoms with Crippen molar-refractivity contribution in [3.8, 4) is 0 Å². The summed E-state index contributed by atoms with van der Waals surface area (Å²) in [6.07, 6.45) is 3.03. The lowest BCUT2D eigenvalue weighted by atomic mass is 10.1. The Labute approximate surface area is 119 Å². The minimum atomic E-state index is -0.951. The number of nitrogen functional groups attached to an aromatic ring is 1. The Morgan fingerprint density at radius 1 is 1.53 bits per heavy atom. The SMILES string of the molecule is C[C@@H](C1CC1)n1cc(Br)c(N)c(C(N)N=NN)c1=O. The molecule has 1 fully saturated rings. The summed E-state index contributed by atoms with van der Waals surface area (Å²) in [4.78, 5) is 12.5. The fourth-order valence-corrected chi connectivity index (χ4v) is 2.59. The van der Waals surface area contributed by atoms with Crippen molar-refractivity contribution in [3.05, 3.63) is 26.6 Å². The molecule has 6 N–H and O–H groups in total. The van der Waals surface area contributed by atoms with E-state index in [9.17, 15) is 4.79 Å². The van der Waals surface area contributed by atoms with Gasteiger partial charge in [0.2, 0.25) is 0 Å². The van der Waals surface area contributed by atoms with Crippen LogP contribution in [0.2, 0.25) is 0 Å². The van der Waals surface area contributed by atoms with Gasteiger partial charge in [-0.2, -0.15) is 0 Å². The van der Waals surface area contributed by atoms with Crippen LogP contribution in [0.5, 0.6) is 0 Å². The van der Waals surface area contributed by atoms with Crippen molar-refractivity contribution >= 4 is 21.6 Å². The molecule has 0 aliphatic heterocycles. The van der Waals surface area contributed by atoms with Crippen LogP contribution in [0.1, 0.15) is 37.5 Å². The van der Waals surface area contributed by atoms with Crippen molar-refractivity contribution in [2.45, 2.75) is 32.0 Å². The molecule has 0 spiro atoms. The summed E-state index contributed by atoms with van der Waals surface area (Å²) >= 11 is 3.34. The summed E-state index contributed by atoms with van der Waals surface area (Å²) in [6.45, 7) is 2.02. The van der Waals surface area contributed by atoms with Gasteiger partial charge in [0.1, 0.15) is 0 Å². The zero-order chi connectivity index (χ0) is 14.2. The van der Waals surface area contributed by atoms with E-state index in [1.54, 1.807) is 10.8 Å². The number of rotatable bonds is 4. The minimum Gasteiger partial charge on any atom is -0.397 e. The molecule has 2 atom stereocenters. The smallest absolute Gasteiger partial charge is 0.259 e. The molecule has 0 radical (unpaired) electrons. The van der Waals surface area contributed by atoms with Gasteiger partial charge < -0.3 is 21.9 Å². The molecule has 1 aliphatic carbocycles. The third kappa shape index (κ3) is 2.64. The average Bonchev–Trinajstić information content (AvgIpc) is 3.17. The zero-order valence-corrected chi connectivity index (χ0v) is 12.2. The Morgan fingerprint density at radius 3 is 2.68 bits per heavy atom. The molecule has 0 amide bonds. The van der Waals surface area contributed by atoms with Crippen LogP contribution in [0.25, 0.3) is 0 Å². The van der Waals surface area contributed by atoms with Gasteiger partial charge in [0.25, 0.3) is 5.56 Å². The Kier molecular flexibility index (Phi) is 3.91. The second-order valence-electron chi connectivity index (χ2n) is 4.77. The molecule has 1 aliphatic rings. The van der Waals surface area contributed by atoms with E-state index < -0.39 is 6.17 Å². The van der Waals surface area contributed by atoms with E-state index in [1.165, 1.54) is 0 Å². The number of nitrogens with zero attached hydrogens (tertiary/aromatic N) is 3. The van der Waals surface area contributed by atoms with Crippen molar-refractivity contribution in [1.82, 2.24) is 4.57 Å². The standard InChI is InChI=1S/C11H17BrN6O/c1-5(6-2-3-6)18-4-7(12)9(13)8(11(18)19)10(14)16-17-15/h4-6,10H,2-3,13-14H2,1H3,(H2,15,16)/t5-,10?/m0/s1. The van der Waals surface area contributed by atoms with Gasteiger partial charge in [0.05, 0.1) is 15.7 Å². The van der Waals surface area contributed by atoms with Gasteiger partial charge in [-0.1, -0.05) is 5.22 Å². The number of halogens is 1. The normalized spacial score (nSPS) is 18.7. The number of aromatic nitrogens is 1. The van der Waals surface area contributed by atoms with Crippen LogP contribution in [0.3, 0.4) is 0 Å². The molecule has 104 valence electrons. The van der Waals surface area contributed by atoms with E-state index in [2.05, 4.69) is 26.3 Å². The molecule has 1 saturated carbocycles. The highest BCUT2D eigenvalue weighted by Gasteiger charge is 2.31. The van der Waals surface area contributed by atoms with Gasteiger partial charge >= 0.3 is 0 Å². The van der Waals surface area contributed by atoms with E-state index in [4.69, 9.17) is 17.3 Å². The predicted molar refractivity (Wildman–Crippen MR) is 76.2 cm³/mol. The summed E-state index contributed by atoms with van der Waals surface area (Å²) < 4.78 is 2.27. The molecule has 1 unspecified atom stereocenters. The lowest BCUT2D eigenvalue weighted by molar-refractivity contribution is 0.465. The van der Waals surface area contributed by atoms with E-state index >= 15 is 0 Å². The van der Waals surface area contributed by atoms with E-state index in [1.807, 2.05) is 6.92 Å². The van der Waals surface area contributed by atoms with Crippen molar-refractivity contribution in [1.29, 1.82) is 0 Å². The molecule has 1 aromatic rings. The van der Waals surface area contributed by atoms with Crippen LogP contribution in [-0.4, -0.2) is 4.57 Å². The summed E-state index contributed by atoms with van der Waals surface area (Å²) in [6, 6.07) is 0.116. The first-order chi connectivity index (χ1) is 8.97. The third-order valence-electron chi connectivity index (χ3n) is 3.49. The largest absolute Gasteiger partial charge is 0.397 e. The highest BCUT2D eigenvalue weighted by atomic mass is 79.9. The number of pyridine rings is 1.